The van der Waals surface area contributed by atoms with Crippen molar-refractivity contribution in [2.24, 2.45) is 10.9 Å². The molecule has 1 aromatic heterocycles. The van der Waals surface area contributed by atoms with Gasteiger partial charge < -0.3 is 20.1 Å². The number of guanidine groups is 1. The second-order valence-electron chi connectivity index (χ2n) is 6.77. The van der Waals surface area contributed by atoms with Crippen LogP contribution in [0.2, 0.25) is 0 Å². The minimum absolute atomic E-state index is 0.401. The Morgan fingerprint density at radius 1 is 1.19 bits per heavy atom. The zero-order valence-electron chi connectivity index (χ0n) is 15.7. The Hall–Kier alpha value is -2.57. The van der Waals surface area contributed by atoms with Gasteiger partial charge in [0.05, 0.1) is 0 Å². The maximum atomic E-state index is 13.4. The quantitative estimate of drug-likeness (QED) is 0.578. The lowest BCUT2D eigenvalue weighted by atomic mass is 10.1. The van der Waals surface area contributed by atoms with Gasteiger partial charge in [0.15, 0.2) is 17.6 Å². The Balaban J connectivity index is 1.49. The van der Waals surface area contributed by atoms with Crippen molar-refractivity contribution >= 4 is 11.6 Å². The summed E-state index contributed by atoms with van der Waals surface area (Å²) in [6.07, 6.45) is 5.07. The standard InChI is InChI=1S/C20H27F2N5/c1-2-23-20(24-8-12-26-9-3-4-10-26)25-14-16-7-11-27(15-16)17-5-6-18(21)19(22)13-17/h3-6,9-10,13,16H,2,7-8,11-12,14-15H2,1H3,(H2,23,24,25). The minimum atomic E-state index is -0.805. The Bertz CT molecular complexity index is 745. The summed E-state index contributed by atoms with van der Waals surface area (Å²) in [7, 11) is 0. The first-order chi connectivity index (χ1) is 13.2. The van der Waals surface area contributed by atoms with Crippen LogP contribution in [-0.4, -0.2) is 43.3 Å². The largest absolute Gasteiger partial charge is 0.371 e. The fraction of sp³-hybridized carbons (Fsp3) is 0.450. The summed E-state index contributed by atoms with van der Waals surface area (Å²) in [5.41, 5.74) is 0.733. The average Bonchev–Trinajstić information content (AvgIpc) is 3.34. The smallest absolute Gasteiger partial charge is 0.191 e. The number of anilines is 1. The summed E-state index contributed by atoms with van der Waals surface area (Å²) < 4.78 is 28.7. The van der Waals surface area contributed by atoms with Crippen molar-refractivity contribution in [3.63, 3.8) is 0 Å². The molecule has 0 bridgehead atoms. The lowest BCUT2D eigenvalue weighted by Crippen LogP contribution is -2.39. The third kappa shape index (κ3) is 5.45. The molecule has 5 nitrogen and oxygen atoms in total. The van der Waals surface area contributed by atoms with Gasteiger partial charge in [-0.3, -0.25) is 4.99 Å². The maximum Gasteiger partial charge on any atom is 0.191 e. The number of benzene rings is 1. The molecule has 1 unspecified atom stereocenters. The maximum absolute atomic E-state index is 13.4. The molecule has 0 saturated carbocycles. The Morgan fingerprint density at radius 2 is 2.00 bits per heavy atom. The molecular formula is C20H27F2N5. The average molecular weight is 375 g/mol. The highest BCUT2D eigenvalue weighted by Crippen LogP contribution is 2.25. The van der Waals surface area contributed by atoms with E-state index < -0.39 is 11.6 Å². The van der Waals surface area contributed by atoms with Crippen LogP contribution in [0.4, 0.5) is 14.5 Å². The molecule has 1 aromatic carbocycles. The zero-order chi connectivity index (χ0) is 19.1. The fourth-order valence-electron chi connectivity index (χ4n) is 3.28. The first-order valence-corrected chi connectivity index (χ1v) is 9.48. The van der Waals surface area contributed by atoms with E-state index in [0.717, 1.165) is 50.8 Å². The fourth-order valence-corrected chi connectivity index (χ4v) is 3.28. The van der Waals surface area contributed by atoms with Gasteiger partial charge in [-0.05, 0) is 43.5 Å². The number of rotatable bonds is 7. The van der Waals surface area contributed by atoms with Gasteiger partial charge in [-0.25, -0.2) is 8.78 Å². The summed E-state index contributed by atoms with van der Waals surface area (Å²) in [6.45, 7) is 6.88. The molecule has 27 heavy (non-hydrogen) atoms. The van der Waals surface area contributed by atoms with Gasteiger partial charge in [0.2, 0.25) is 0 Å². The molecule has 2 heterocycles. The second-order valence-corrected chi connectivity index (χ2v) is 6.77. The Morgan fingerprint density at radius 3 is 2.74 bits per heavy atom. The number of aliphatic imine (C=N–C) groups is 1. The second kappa shape index (κ2) is 9.39. The van der Waals surface area contributed by atoms with Crippen molar-refractivity contribution in [1.82, 2.24) is 15.2 Å². The van der Waals surface area contributed by atoms with Gasteiger partial charge in [0, 0.05) is 63.4 Å². The van der Waals surface area contributed by atoms with E-state index in [9.17, 15) is 8.78 Å². The van der Waals surface area contributed by atoms with Crippen LogP contribution >= 0.6 is 0 Å². The van der Waals surface area contributed by atoms with Gasteiger partial charge in [-0.2, -0.15) is 0 Å². The summed E-state index contributed by atoms with van der Waals surface area (Å²) in [6, 6.07) is 8.12. The normalized spacial score (nSPS) is 17.4. The van der Waals surface area contributed by atoms with Gasteiger partial charge in [-0.1, -0.05) is 0 Å². The van der Waals surface area contributed by atoms with E-state index >= 15 is 0 Å². The minimum Gasteiger partial charge on any atom is -0.371 e. The molecule has 146 valence electrons. The van der Waals surface area contributed by atoms with Crippen molar-refractivity contribution in [2.75, 3.05) is 37.6 Å². The molecule has 1 fully saturated rings. The van der Waals surface area contributed by atoms with E-state index in [1.165, 1.54) is 12.1 Å². The van der Waals surface area contributed by atoms with Crippen molar-refractivity contribution in [2.45, 2.75) is 19.9 Å². The predicted molar refractivity (Wildman–Crippen MR) is 105 cm³/mol. The highest BCUT2D eigenvalue weighted by atomic mass is 19.2. The molecule has 1 aliphatic heterocycles. The highest BCUT2D eigenvalue weighted by Gasteiger charge is 2.23. The molecule has 1 atom stereocenters. The van der Waals surface area contributed by atoms with E-state index in [2.05, 4.69) is 20.1 Å². The topological polar surface area (TPSA) is 44.6 Å². The van der Waals surface area contributed by atoms with Crippen molar-refractivity contribution in [3.05, 3.63) is 54.4 Å². The monoisotopic (exact) mass is 375 g/mol. The van der Waals surface area contributed by atoms with Gasteiger partial charge in [0.25, 0.3) is 0 Å². The number of halogens is 2. The zero-order valence-corrected chi connectivity index (χ0v) is 15.7. The molecule has 3 rings (SSSR count). The van der Waals surface area contributed by atoms with Crippen LogP contribution < -0.4 is 15.5 Å². The van der Waals surface area contributed by atoms with Crippen molar-refractivity contribution < 1.29 is 8.78 Å². The number of aromatic nitrogens is 1. The van der Waals surface area contributed by atoms with E-state index in [0.29, 0.717) is 12.5 Å². The number of hydrogen-bond acceptors (Lipinski definition) is 2. The molecule has 1 saturated heterocycles. The molecule has 2 aromatic rings. The molecule has 0 aliphatic carbocycles. The lowest BCUT2D eigenvalue weighted by molar-refractivity contribution is 0.508. The van der Waals surface area contributed by atoms with Crippen LogP contribution in [0.25, 0.3) is 0 Å². The first-order valence-electron chi connectivity index (χ1n) is 9.48. The Kier molecular flexibility index (Phi) is 6.68. The molecule has 7 heteroatoms. The number of hydrogen-bond donors (Lipinski definition) is 2. The number of nitrogens with zero attached hydrogens (tertiary/aromatic N) is 3. The van der Waals surface area contributed by atoms with Gasteiger partial charge >= 0.3 is 0 Å². The van der Waals surface area contributed by atoms with Crippen LogP contribution in [0.1, 0.15) is 13.3 Å². The van der Waals surface area contributed by atoms with Gasteiger partial charge in [-0.15, -0.1) is 0 Å². The SMILES string of the molecule is CCNC(=NCC1CCN(c2ccc(F)c(F)c2)C1)NCCn1cccc1. The lowest BCUT2D eigenvalue weighted by Gasteiger charge is -2.18. The molecule has 0 spiro atoms. The van der Waals surface area contributed by atoms with Crippen LogP contribution in [0, 0.1) is 17.6 Å². The summed E-state index contributed by atoms with van der Waals surface area (Å²) in [4.78, 5) is 6.79. The summed E-state index contributed by atoms with van der Waals surface area (Å²) in [5, 5.41) is 6.62. The van der Waals surface area contributed by atoms with Crippen molar-refractivity contribution in [1.29, 1.82) is 0 Å². The van der Waals surface area contributed by atoms with Crippen LogP contribution in [0.3, 0.4) is 0 Å². The van der Waals surface area contributed by atoms with Crippen LogP contribution in [0.5, 0.6) is 0 Å². The van der Waals surface area contributed by atoms with E-state index in [-0.39, 0.29) is 0 Å². The van der Waals surface area contributed by atoms with Crippen molar-refractivity contribution in [3.8, 4) is 0 Å². The van der Waals surface area contributed by atoms with E-state index in [1.807, 2.05) is 31.5 Å². The molecule has 1 aliphatic rings. The summed E-state index contributed by atoms with van der Waals surface area (Å²) >= 11 is 0. The molecule has 2 N–H and O–H groups in total. The third-order valence-electron chi connectivity index (χ3n) is 4.73. The van der Waals surface area contributed by atoms with E-state index in [1.54, 1.807) is 6.07 Å². The predicted octanol–water partition coefficient (Wildman–Crippen LogP) is 2.85. The third-order valence-corrected chi connectivity index (χ3v) is 4.73. The first kappa shape index (κ1) is 19.2. The molecule has 0 radical (unpaired) electrons. The van der Waals surface area contributed by atoms with Crippen LogP contribution in [-0.2, 0) is 6.54 Å². The molecular weight excluding hydrogens is 348 g/mol. The Labute approximate surface area is 159 Å². The molecule has 0 amide bonds. The van der Waals surface area contributed by atoms with E-state index in [4.69, 9.17) is 4.99 Å². The summed E-state index contributed by atoms with van der Waals surface area (Å²) in [5.74, 6) is -0.385. The number of nitrogens with one attached hydrogen (secondary N) is 2. The van der Waals surface area contributed by atoms with Gasteiger partial charge in [0.1, 0.15) is 0 Å². The highest BCUT2D eigenvalue weighted by molar-refractivity contribution is 5.79. The van der Waals surface area contributed by atoms with Crippen LogP contribution in [0.15, 0.2) is 47.7 Å².